The topological polar surface area (TPSA) is 72.9 Å². The van der Waals surface area contributed by atoms with Gasteiger partial charge in [-0.2, -0.15) is 0 Å². The molecular weight excluding hydrogens is 410 g/mol. The number of nitrogens with one attached hydrogen (secondary N) is 1. The van der Waals surface area contributed by atoms with Crippen molar-refractivity contribution in [3.8, 4) is 33.9 Å². The zero-order valence-electron chi connectivity index (χ0n) is 18.7. The van der Waals surface area contributed by atoms with E-state index >= 15 is 0 Å². The highest BCUT2D eigenvalue weighted by molar-refractivity contribution is 5.99. The van der Waals surface area contributed by atoms with Crippen LogP contribution in [0.3, 0.4) is 0 Å². The maximum atomic E-state index is 5.00. The van der Waals surface area contributed by atoms with Gasteiger partial charge >= 0.3 is 0 Å². The van der Waals surface area contributed by atoms with E-state index in [1.165, 1.54) is 12.0 Å². The fourth-order valence-corrected chi connectivity index (χ4v) is 4.45. The average molecular weight is 436 g/mol. The van der Waals surface area contributed by atoms with Gasteiger partial charge in [-0.3, -0.25) is 4.98 Å². The third-order valence-corrected chi connectivity index (χ3v) is 6.49. The predicted molar refractivity (Wildman–Crippen MR) is 130 cm³/mol. The molecule has 33 heavy (non-hydrogen) atoms. The Hall–Kier alpha value is -4.00. The molecule has 7 heteroatoms. The number of anilines is 1. The number of hydrogen-bond donors (Lipinski definition) is 1. The first kappa shape index (κ1) is 19.7. The van der Waals surface area contributed by atoms with E-state index < -0.39 is 0 Å². The summed E-state index contributed by atoms with van der Waals surface area (Å²) in [6, 6.07) is 12.9. The summed E-state index contributed by atoms with van der Waals surface area (Å²) in [6.07, 6.45) is 13.1. The van der Waals surface area contributed by atoms with Crippen LogP contribution in [0.4, 0.5) is 5.82 Å². The predicted octanol–water partition coefficient (Wildman–Crippen LogP) is 5.13. The lowest BCUT2D eigenvalue weighted by Crippen LogP contribution is -2.28. The van der Waals surface area contributed by atoms with Gasteiger partial charge in [0.1, 0.15) is 5.52 Å². The van der Waals surface area contributed by atoms with Crippen molar-refractivity contribution in [1.82, 2.24) is 29.1 Å². The highest BCUT2D eigenvalue weighted by Gasteiger charge is 2.25. The summed E-state index contributed by atoms with van der Waals surface area (Å²) >= 11 is 0. The molecule has 1 aromatic carbocycles. The van der Waals surface area contributed by atoms with Gasteiger partial charge in [-0.25, -0.2) is 14.5 Å². The van der Waals surface area contributed by atoms with E-state index in [9.17, 15) is 0 Å². The molecule has 0 atom stereocenters. The lowest BCUT2D eigenvalue weighted by molar-refractivity contribution is 0.444. The molecule has 1 N–H and O–H groups in total. The Labute approximate surface area is 192 Å². The molecule has 0 aliphatic heterocycles. The Bertz CT molecular complexity index is 1440. The van der Waals surface area contributed by atoms with Crippen LogP contribution in [0.2, 0.25) is 0 Å². The van der Waals surface area contributed by atoms with E-state index in [2.05, 4.69) is 52.7 Å². The van der Waals surface area contributed by atoms with Crippen LogP contribution < -0.4 is 5.32 Å². The Kier molecular flexibility index (Phi) is 4.68. The normalized spacial score (nSPS) is 13.9. The summed E-state index contributed by atoms with van der Waals surface area (Å²) < 4.78 is 3.91. The van der Waals surface area contributed by atoms with Gasteiger partial charge in [0, 0.05) is 60.8 Å². The van der Waals surface area contributed by atoms with Crippen LogP contribution in [-0.4, -0.2) is 35.2 Å². The van der Waals surface area contributed by atoms with Crippen LogP contribution in [0, 0.1) is 6.92 Å². The van der Waals surface area contributed by atoms with Crippen molar-refractivity contribution < 1.29 is 0 Å². The number of fused-ring (bicyclic) bond motifs is 1. The minimum atomic E-state index is 0.431. The van der Waals surface area contributed by atoms with Gasteiger partial charge in [0.25, 0.3) is 0 Å². The second kappa shape index (κ2) is 7.85. The van der Waals surface area contributed by atoms with E-state index in [1.54, 1.807) is 6.20 Å². The minimum Gasteiger partial charge on any atom is -0.365 e. The summed E-state index contributed by atoms with van der Waals surface area (Å²) in [7, 11) is 1.96. The monoisotopic (exact) mass is 435 g/mol. The van der Waals surface area contributed by atoms with Gasteiger partial charge < -0.3 is 9.88 Å². The summed E-state index contributed by atoms with van der Waals surface area (Å²) in [6.45, 7) is 2.12. The molecule has 0 radical (unpaired) electrons. The summed E-state index contributed by atoms with van der Waals surface area (Å²) in [5.74, 6) is 2.18. The average Bonchev–Trinajstić information content (AvgIpc) is 3.40. The molecule has 0 unspecified atom stereocenters. The second-order valence-corrected chi connectivity index (χ2v) is 8.69. The fraction of sp³-hybridized carbons (Fsp3) is 0.231. The Morgan fingerprint density at radius 3 is 2.58 bits per heavy atom. The van der Waals surface area contributed by atoms with Crippen LogP contribution in [0.25, 0.3) is 39.4 Å². The molecule has 0 spiro atoms. The number of aromatic nitrogens is 6. The molecule has 0 bridgehead atoms. The minimum absolute atomic E-state index is 0.431. The van der Waals surface area contributed by atoms with Gasteiger partial charge in [0.2, 0.25) is 5.82 Å². The fourth-order valence-electron chi connectivity index (χ4n) is 4.45. The first-order valence-corrected chi connectivity index (χ1v) is 11.3. The molecule has 5 aromatic rings. The van der Waals surface area contributed by atoms with E-state index in [0.717, 1.165) is 52.3 Å². The molecular formula is C26H25N7. The number of imidazole rings is 1. The summed E-state index contributed by atoms with van der Waals surface area (Å²) in [4.78, 5) is 13.9. The smallest absolute Gasteiger partial charge is 0.218 e. The van der Waals surface area contributed by atoms with Gasteiger partial charge in [0.15, 0.2) is 11.6 Å². The van der Waals surface area contributed by atoms with Crippen LogP contribution in [-0.2, 0) is 7.05 Å². The van der Waals surface area contributed by atoms with Crippen molar-refractivity contribution >= 4 is 11.3 Å². The van der Waals surface area contributed by atoms with E-state index in [-0.39, 0.29) is 0 Å². The maximum absolute atomic E-state index is 5.00. The van der Waals surface area contributed by atoms with Crippen LogP contribution >= 0.6 is 0 Å². The Morgan fingerprint density at radius 1 is 1.03 bits per heavy atom. The largest absolute Gasteiger partial charge is 0.365 e. The molecule has 0 amide bonds. The van der Waals surface area contributed by atoms with Crippen molar-refractivity contribution in [2.75, 3.05) is 5.32 Å². The molecule has 1 aliphatic carbocycles. The number of nitrogens with zero attached hydrogens (tertiary/aromatic N) is 6. The molecule has 4 heterocycles. The van der Waals surface area contributed by atoms with Crippen LogP contribution in [0.1, 0.15) is 24.8 Å². The zero-order valence-corrected chi connectivity index (χ0v) is 18.7. The van der Waals surface area contributed by atoms with Crippen LogP contribution in [0.5, 0.6) is 0 Å². The molecule has 0 saturated heterocycles. The molecule has 1 saturated carbocycles. The SMILES string of the molecule is Cc1ccncc1-c1cn2nc(-c3nccn3C)nc(NC3CCC3)c2c1-c1ccccc1. The standard InChI is InChI=1S/C26H25N7/c1-17-11-12-27-15-20(17)21-16-33-23(22(21)18-7-4-3-5-8-18)24(29-19-9-6-10-19)30-25(31-33)26-28-13-14-32(26)2/h3-5,7-8,11-16,19H,6,9-10H2,1-2H3,(H,29,30,31). The number of pyridine rings is 1. The van der Waals surface area contributed by atoms with Crippen molar-refractivity contribution in [1.29, 1.82) is 0 Å². The number of hydrogen-bond acceptors (Lipinski definition) is 5. The zero-order chi connectivity index (χ0) is 22.4. The van der Waals surface area contributed by atoms with Crippen molar-refractivity contribution in [2.24, 2.45) is 7.05 Å². The molecule has 4 aromatic heterocycles. The van der Waals surface area contributed by atoms with Gasteiger partial charge in [-0.05, 0) is 43.4 Å². The molecule has 1 aliphatic rings. The highest BCUT2D eigenvalue weighted by Crippen LogP contribution is 2.41. The number of benzene rings is 1. The van der Waals surface area contributed by atoms with Gasteiger partial charge in [0.05, 0.1) is 0 Å². The van der Waals surface area contributed by atoms with Crippen molar-refractivity contribution in [2.45, 2.75) is 32.2 Å². The van der Waals surface area contributed by atoms with Crippen molar-refractivity contribution in [3.05, 3.63) is 72.9 Å². The molecule has 6 rings (SSSR count). The molecule has 1 fully saturated rings. The summed E-state index contributed by atoms with van der Waals surface area (Å²) in [5.41, 5.74) is 6.57. The van der Waals surface area contributed by atoms with E-state index in [1.807, 2.05) is 46.9 Å². The second-order valence-electron chi connectivity index (χ2n) is 8.69. The Balaban J connectivity index is 1.67. The van der Waals surface area contributed by atoms with Crippen LogP contribution in [0.15, 0.2) is 67.4 Å². The van der Waals surface area contributed by atoms with Gasteiger partial charge in [-0.1, -0.05) is 30.3 Å². The number of rotatable bonds is 5. The van der Waals surface area contributed by atoms with E-state index in [4.69, 9.17) is 10.1 Å². The third kappa shape index (κ3) is 3.36. The molecule has 164 valence electrons. The lowest BCUT2D eigenvalue weighted by atomic mass is 9.93. The summed E-state index contributed by atoms with van der Waals surface area (Å²) in [5, 5.41) is 8.62. The first-order valence-electron chi connectivity index (χ1n) is 11.3. The maximum Gasteiger partial charge on any atom is 0.218 e. The lowest BCUT2D eigenvalue weighted by Gasteiger charge is -2.27. The third-order valence-electron chi connectivity index (χ3n) is 6.49. The molecule has 7 nitrogen and oxygen atoms in total. The Morgan fingerprint density at radius 2 is 1.88 bits per heavy atom. The quantitative estimate of drug-likeness (QED) is 0.414. The highest BCUT2D eigenvalue weighted by atomic mass is 15.3. The first-order chi connectivity index (χ1) is 16.2. The van der Waals surface area contributed by atoms with Gasteiger partial charge in [-0.15, -0.1) is 5.10 Å². The number of aryl methyl sites for hydroxylation is 2. The van der Waals surface area contributed by atoms with Crippen molar-refractivity contribution in [3.63, 3.8) is 0 Å². The van der Waals surface area contributed by atoms with E-state index in [0.29, 0.717) is 11.9 Å².